The summed E-state index contributed by atoms with van der Waals surface area (Å²) in [4.78, 5) is 0. The highest BCUT2D eigenvalue weighted by molar-refractivity contribution is 5.90. The third-order valence-corrected chi connectivity index (χ3v) is 3.19. The molecule has 0 spiro atoms. The summed E-state index contributed by atoms with van der Waals surface area (Å²) in [6.07, 6.45) is 4.30. The summed E-state index contributed by atoms with van der Waals surface area (Å²) in [5, 5.41) is 4.81. The van der Waals surface area contributed by atoms with E-state index in [0.717, 1.165) is 0 Å². The number of allylic oxidation sites excluding steroid dienone is 1. The van der Waals surface area contributed by atoms with E-state index < -0.39 is 0 Å². The van der Waals surface area contributed by atoms with Crippen molar-refractivity contribution in [3.8, 4) is 0 Å². The summed E-state index contributed by atoms with van der Waals surface area (Å²) in [5.74, 6) is 0. The van der Waals surface area contributed by atoms with Crippen molar-refractivity contribution < 1.29 is 21.5 Å². The van der Waals surface area contributed by atoms with Crippen LogP contribution in [-0.2, 0) is 0 Å². The Morgan fingerprint density at radius 1 is 1.06 bits per heavy atom. The minimum absolute atomic E-state index is 0. The van der Waals surface area contributed by atoms with Crippen molar-refractivity contribution in [2.75, 3.05) is 5.32 Å². The Hall–Kier alpha value is -1.35. The number of hydrogen-bond donors (Lipinski definition) is 1. The number of benzene rings is 1. The monoisotopic (exact) mass is 304 g/mol. The molecule has 3 heteroatoms. The molecule has 1 aromatic carbocycles. The fraction of sp³-hybridized carbons (Fsp3) is 0.267. The second kappa shape index (κ2) is 4.39. The molecule has 1 aliphatic rings. The van der Waals surface area contributed by atoms with Crippen molar-refractivity contribution in [1.29, 1.82) is 0 Å². The molecule has 2 aromatic rings. The van der Waals surface area contributed by atoms with E-state index in [1.807, 2.05) is 0 Å². The molecular formula is C15H17BrN2. The Morgan fingerprint density at radius 2 is 1.78 bits per heavy atom. The average Bonchev–Trinajstić information content (AvgIpc) is 2.28. The van der Waals surface area contributed by atoms with Gasteiger partial charge < -0.3 is 22.3 Å². The van der Waals surface area contributed by atoms with Crippen LogP contribution >= 0.6 is 0 Å². The number of pyridine rings is 1. The molecule has 1 aromatic heterocycles. The van der Waals surface area contributed by atoms with Gasteiger partial charge in [-0.25, -0.2) is 0 Å². The zero-order chi connectivity index (χ0) is 12.0. The van der Waals surface area contributed by atoms with Crippen LogP contribution in [0.4, 0.5) is 5.69 Å². The van der Waals surface area contributed by atoms with E-state index in [0.29, 0.717) is 0 Å². The van der Waals surface area contributed by atoms with Crippen LogP contribution in [0.2, 0.25) is 0 Å². The molecule has 0 unspecified atom stereocenters. The van der Waals surface area contributed by atoms with Crippen molar-refractivity contribution in [3.05, 3.63) is 42.2 Å². The minimum atomic E-state index is 0. The fourth-order valence-corrected chi connectivity index (χ4v) is 2.20. The fourth-order valence-electron chi connectivity index (χ4n) is 2.20. The molecule has 1 N–H and O–H groups in total. The van der Waals surface area contributed by atoms with Gasteiger partial charge in [0.25, 0.3) is 0 Å². The van der Waals surface area contributed by atoms with Gasteiger partial charge in [-0.2, -0.15) is 4.57 Å². The van der Waals surface area contributed by atoms with Gasteiger partial charge in [-0.1, -0.05) is 26.8 Å². The van der Waals surface area contributed by atoms with Gasteiger partial charge >= 0.3 is 0 Å². The molecular weight excluding hydrogens is 288 g/mol. The molecule has 1 aliphatic heterocycles. The molecule has 0 amide bonds. The Bertz CT molecular complexity index is 619. The molecule has 0 saturated heterocycles. The summed E-state index contributed by atoms with van der Waals surface area (Å²) >= 11 is 0. The first-order valence-corrected chi connectivity index (χ1v) is 5.98. The van der Waals surface area contributed by atoms with Gasteiger partial charge in [0.05, 0.1) is 5.70 Å². The Kier molecular flexibility index (Phi) is 3.20. The molecule has 18 heavy (non-hydrogen) atoms. The number of nitrogens with zero attached hydrogens (tertiary/aromatic N) is 1. The molecule has 3 rings (SSSR count). The van der Waals surface area contributed by atoms with Crippen molar-refractivity contribution in [1.82, 2.24) is 0 Å². The first-order valence-electron chi connectivity index (χ1n) is 5.98. The number of hydrogen-bond acceptors (Lipinski definition) is 1. The Morgan fingerprint density at radius 3 is 2.50 bits per heavy atom. The van der Waals surface area contributed by atoms with Crippen LogP contribution < -0.4 is 26.9 Å². The lowest BCUT2D eigenvalue weighted by Crippen LogP contribution is -3.00. The largest absolute Gasteiger partial charge is 1.00 e. The molecule has 0 fully saturated rings. The number of nitrogens with one attached hydrogen (secondary N) is 1. The topological polar surface area (TPSA) is 15.9 Å². The van der Waals surface area contributed by atoms with Crippen LogP contribution in [0.15, 0.2) is 42.2 Å². The SMILES string of the molecule is CC(C)(C)C1=C[n+]2cccc3cccc(c32)N1.[Br-]. The lowest BCUT2D eigenvalue weighted by Gasteiger charge is -2.25. The second-order valence-corrected chi connectivity index (χ2v) is 5.58. The van der Waals surface area contributed by atoms with Crippen molar-refractivity contribution >= 4 is 22.8 Å². The first-order chi connectivity index (χ1) is 8.05. The van der Waals surface area contributed by atoms with Gasteiger partial charge in [-0.15, -0.1) is 0 Å². The third kappa shape index (κ3) is 2.03. The predicted octanol–water partition coefficient (Wildman–Crippen LogP) is 0.401. The van der Waals surface area contributed by atoms with Crippen molar-refractivity contribution in [3.63, 3.8) is 0 Å². The normalized spacial score (nSPS) is 13.6. The smallest absolute Gasteiger partial charge is 0.241 e. The van der Waals surface area contributed by atoms with Gasteiger partial charge in [0.2, 0.25) is 5.52 Å². The van der Waals surface area contributed by atoms with E-state index in [2.05, 4.69) is 73.4 Å². The summed E-state index contributed by atoms with van der Waals surface area (Å²) in [6, 6.07) is 10.6. The maximum absolute atomic E-state index is 3.54. The number of para-hydroxylation sites is 1. The van der Waals surface area contributed by atoms with Gasteiger partial charge in [0.15, 0.2) is 12.4 Å². The van der Waals surface area contributed by atoms with Crippen LogP contribution in [0.3, 0.4) is 0 Å². The van der Waals surface area contributed by atoms with Gasteiger partial charge in [0, 0.05) is 16.9 Å². The summed E-state index contributed by atoms with van der Waals surface area (Å²) < 4.78 is 2.21. The first kappa shape index (κ1) is 13.1. The van der Waals surface area contributed by atoms with E-state index in [9.17, 15) is 0 Å². The molecule has 2 nitrogen and oxygen atoms in total. The van der Waals surface area contributed by atoms with Crippen LogP contribution in [0.1, 0.15) is 20.8 Å². The number of anilines is 1. The summed E-state index contributed by atoms with van der Waals surface area (Å²) in [7, 11) is 0. The minimum Gasteiger partial charge on any atom is -1.00 e. The zero-order valence-electron chi connectivity index (χ0n) is 10.9. The van der Waals surface area contributed by atoms with Crippen LogP contribution in [0.25, 0.3) is 17.1 Å². The van der Waals surface area contributed by atoms with Crippen molar-refractivity contribution in [2.45, 2.75) is 20.8 Å². The highest BCUT2D eigenvalue weighted by Gasteiger charge is 2.26. The van der Waals surface area contributed by atoms with Crippen LogP contribution in [-0.4, -0.2) is 0 Å². The van der Waals surface area contributed by atoms with E-state index in [1.165, 1.54) is 22.3 Å². The van der Waals surface area contributed by atoms with Crippen molar-refractivity contribution in [2.24, 2.45) is 5.41 Å². The molecule has 0 aliphatic carbocycles. The number of halogens is 1. The molecule has 0 saturated carbocycles. The number of rotatable bonds is 0. The third-order valence-electron chi connectivity index (χ3n) is 3.19. The molecule has 0 atom stereocenters. The quantitative estimate of drug-likeness (QED) is 0.697. The van der Waals surface area contributed by atoms with Crippen LogP contribution in [0, 0.1) is 5.41 Å². The van der Waals surface area contributed by atoms with Gasteiger partial charge in [-0.3, -0.25) is 0 Å². The van der Waals surface area contributed by atoms with Crippen LogP contribution in [0.5, 0.6) is 0 Å². The summed E-state index contributed by atoms with van der Waals surface area (Å²) in [6.45, 7) is 6.67. The molecule has 0 radical (unpaired) electrons. The molecule has 2 heterocycles. The van der Waals surface area contributed by atoms with Gasteiger partial charge in [0.1, 0.15) is 5.69 Å². The lowest BCUT2D eigenvalue weighted by atomic mass is 9.91. The Balaban J connectivity index is 0.00000120. The van der Waals surface area contributed by atoms with E-state index in [1.54, 1.807) is 0 Å². The van der Waals surface area contributed by atoms with E-state index in [-0.39, 0.29) is 22.4 Å². The highest BCUT2D eigenvalue weighted by atomic mass is 79.9. The second-order valence-electron chi connectivity index (χ2n) is 5.58. The maximum atomic E-state index is 3.54. The van der Waals surface area contributed by atoms with Gasteiger partial charge in [-0.05, 0) is 18.2 Å². The maximum Gasteiger partial charge on any atom is 0.241 e. The predicted molar refractivity (Wildman–Crippen MR) is 71.5 cm³/mol. The van der Waals surface area contributed by atoms with E-state index >= 15 is 0 Å². The average molecular weight is 305 g/mol. The lowest BCUT2D eigenvalue weighted by molar-refractivity contribution is -0.540. The standard InChI is InChI=1S/C15H17N2.BrH/c1-15(2,3)13-10-17-9-5-7-11-6-4-8-12(16-13)14(11)17;/h4-10,16H,1-3H3;1H/q+1;/p-1. The summed E-state index contributed by atoms with van der Waals surface area (Å²) in [5.41, 5.74) is 3.81. The highest BCUT2D eigenvalue weighted by Crippen LogP contribution is 2.31. The number of aromatic nitrogens is 1. The Labute approximate surface area is 118 Å². The van der Waals surface area contributed by atoms with E-state index in [4.69, 9.17) is 0 Å². The molecule has 94 valence electrons. The zero-order valence-corrected chi connectivity index (χ0v) is 12.5. The molecule has 0 bridgehead atoms.